The molecule has 7 heteroatoms. The molecule has 0 aromatic heterocycles. The summed E-state index contributed by atoms with van der Waals surface area (Å²) in [7, 11) is 0. The second-order valence-electron chi connectivity index (χ2n) is 6.91. The van der Waals surface area contributed by atoms with Gasteiger partial charge in [-0.15, -0.1) is 0 Å². The van der Waals surface area contributed by atoms with Crippen LogP contribution in [0, 0.1) is 17.2 Å². The molecule has 1 saturated carbocycles. The minimum Gasteiger partial charge on any atom is -0.459 e. The molecule has 1 heterocycles. The van der Waals surface area contributed by atoms with Gasteiger partial charge in [-0.2, -0.15) is 5.26 Å². The van der Waals surface area contributed by atoms with Gasteiger partial charge in [0.25, 0.3) is 5.91 Å². The number of nitrogens with one attached hydrogen (secondary N) is 1. The lowest BCUT2D eigenvalue weighted by molar-refractivity contribution is -0.149. The van der Waals surface area contributed by atoms with Crippen molar-refractivity contribution in [3.63, 3.8) is 0 Å². The number of urea groups is 1. The smallest absolute Gasteiger partial charge is 0.326 e. The lowest BCUT2D eigenvalue weighted by atomic mass is 9.73. The quantitative estimate of drug-likeness (QED) is 0.659. The topological polar surface area (TPSA) is 99.5 Å². The van der Waals surface area contributed by atoms with Crippen molar-refractivity contribution >= 4 is 17.9 Å². The molecular weight excluding hydrogens is 334 g/mol. The fourth-order valence-corrected chi connectivity index (χ4v) is 3.71. The maximum absolute atomic E-state index is 12.8. The highest BCUT2D eigenvalue weighted by atomic mass is 16.5. The molecule has 1 aliphatic carbocycles. The van der Waals surface area contributed by atoms with Crippen LogP contribution in [0.1, 0.15) is 43.7 Å². The van der Waals surface area contributed by atoms with Crippen LogP contribution in [0.25, 0.3) is 0 Å². The number of rotatable bonds is 4. The van der Waals surface area contributed by atoms with E-state index in [1.807, 2.05) is 13.0 Å². The van der Waals surface area contributed by atoms with Crippen LogP contribution in [0.2, 0.25) is 0 Å². The summed E-state index contributed by atoms with van der Waals surface area (Å²) in [5.74, 6) is -0.947. The molecule has 3 rings (SSSR count). The lowest BCUT2D eigenvalue weighted by Crippen LogP contribution is -2.54. The molecule has 3 amide bonds. The number of imide groups is 1. The van der Waals surface area contributed by atoms with Gasteiger partial charge in [0.15, 0.2) is 0 Å². The first-order chi connectivity index (χ1) is 12.5. The zero-order valence-corrected chi connectivity index (χ0v) is 14.7. The summed E-state index contributed by atoms with van der Waals surface area (Å²) in [5, 5.41) is 11.7. The first-order valence-corrected chi connectivity index (χ1v) is 8.75. The Morgan fingerprint density at radius 2 is 2.23 bits per heavy atom. The van der Waals surface area contributed by atoms with Gasteiger partial charge in [-0.1, -0.05) is 31.9 Å². The molecule has 2 aliphatic rings. The Balaban J connectivity index is 1.61. The number of esters is 1. The van der Waals surface area contributed by atoms with Crippen molar-refractivity contribution < 1.29 is 19.1 Å². The van der Waals surface area contributed by atoms with Gasteiger partial charge in [0.2, 0.25) is 0 Å². The number of benzene rings is 1. The van der Waals surface area contributed by atoms with Crippen molar-refractivity contribution in [1.29, 1.82) is 5.26 Å². The normalized spacial score (nSPS) is 25.1. The number of nitrogens with zero attached hydrogens (tertiary/aromatic N) is 2. The maximum Gasteiger partial charge on any atom is 0.326 e. The van der Waals surface area contributed by atoms with Gasteiger partial charge in [-0.05, 0) is 36.5 Å². The molecule has 0 unspecified atom stereocenters. The van der Waals surface area contributed by atoms with E-state index in [4.69, 9.17) is 10.00 Å². The summed E-state index contributed by atoms with van der Waals surface area (Å²) in [6.45, 7) is 1.54. The van der Waals surface area contributed by atoms with Gasteiger partial charge < -0.3 is 10.1 Å². The Hall–Kier alpha value is -2.88. The average Bonchev–Trinajstić information content (AvgIpc) is 2.88. The molecule has 26 heavy (non-hydrogen) atoms. The number of hydrogen-bond donors (Lipinski definition) is 1. The van der Waals surface area contributed by atoms with Crippen LogP contribution in [0.4, 0.5) is 4.79 Å². The van der Waals surface area contributed by atoms with Gasteiger partial charge in [0.1, 0.15) is 18.7 Å². The van der Waals surface area contributed by atoms with E-state index in [9.17, 15) is 14.4 Å². The van der Waals surface area contributed by atoms with Gasteiger partial charge >= 0.3 is 12.0 Å². The van der Waals surface area contributed by atoms with E-state index in [0.717, 1.165) is 24.2 Å². The van der Waals surface area contributed by atoms with Gasteiger partial charge in [0, 0.05) is 0 Å². The summed E-state index contributed by atoms with van der Waals surface area (Å²) >= 11 is 0. The third-order valence-electron chi connectivity index (χ3n) is 5.24. The van der Waals surface area contributed by atoms with E-state index in [2.05, 4.69) is 5.32 Å². The number of hydrogen-bond acceptors (Lipinski definition) is 5. The van der Waals surface area contributed by atoms with Crippen molar-refractivity contribution in [2.24, 2.45) is 5.92 Å². The third kappa shape index (κ3) is 3.27. The molecular formula is C19H21N3O4. The van der Waals surface area contributed by atoms with Crippen LogP contribution in [0.15, 0.2) is 24.3 Å². The number of carbonyl (C=O) groups is 3. The SMILES string of the molecule is C[C@H]1CCCC[C@@]12NC(=O)N(CC(=O)OCc1cccc(C#N)c1)C2=O. The number of nitriles is 1. The number of ether oxygens (including phenoxy) is 1. The van der Waals surface area contributed by atoms with Gasteiger partial charge in [0.05, 0.1) is 11.6 Å². The predicted molar refractivity (Wildman–Crippen MR) is 91.6 cm³/mol. The largest absolute Gasteiger partial charge is 0.459 e. The van der Waals surface area contributed by atoms with Crippen molar-refractivity contribution in [1.82, 2.24) is 10.2 Å². The molecule has 1 spiro atoms. The fourth-order valence-electron chi connectivity index (χ4n) is 3.71. The first-order valence-electron chi connectivity index (χ1n) is 8.75. The number of carbonyl (C=O) groups excluding carboxylic acids is 3. The standard InChI is InChI=1S/C19H21N3O4/c1-13-5-2-3-8-19(13)17(24)22(18(25)21-19)11-16(23)26-12-15-7-4-6-14(9-15)10-20/h4,6-7,9,13H,2-3,5,8,11-12H2,1H3,(H,21,25)/t13-,19+/m0/s1. The predicted octanol–water partition coefficient (Wildman–Crippen LogP) is 2.10. The highest BCUT2D eigenvalue weighted by Crippen LogP contribution is 2.38. The number of amides is 3. The minimum absolute atomic E-state index is 0.0143. The molecule has 1 aromatic carbocycles. The summed E-state index contributed by atoms with van der Waals surface area (Å²) in [5.41, 5.74) is 0.268. The Labute approximate surface area is 151 Å². The maximum atomic E-state index is 12.8. The molecule has 136 valence electrons. The monoisotopic (exact) mass is 355 g/mol. The van der Waals surface area contributed by atoms with Gasteiger partial charge in [-0.3, -0.25) is 14.5 Å². The zero-order chi connectivity index (χ0) is 18.7. The molecule has 0 radical (unpaired) electrons. The summed E-state index contributed by atoms with van der Waals surface area (Å²) in [6.07, 6.45) is 3.39. The van der Waals surface area contributed by atoms with E-state index in [0.29, 0.717) is 17.5 Å². The lowest BCUT2D eigenvalue weighted by Gasteiger charge is -2.36. The first kappa shape index (κ1) is 17.9. The van der Waals surface area contributed by atoms with Crippen molar-refractivity contribution in [3.8, 4) is 6.07 Å². The van der Waals surface area contributed by atoms with Crippen LogP contribution in [-0.2, 0) is 20.9 Å². The summed E-state index contributed by atoms with van der Waals surface area (Å²) in [4.78, 5) is 38.1. The van der Waals surface area contributed by atoms with E-state index in [1.54, 1.807) is 24.3 Å². The Kier molecular flexibility index (Phi) is 4.94. The second-order valence-corrected chi connectivity index (χ2v) is 6.91. The third-order valence-corrected chi connectivity index (χ3v) is 5.24. The molecule has 7 nitrogen and oxygen atoms in total. The molecule has 1 aromatic rings. The van der Waals surface area contributed by atoms with Crippen LogP contribution in [0.5, 0.6) is 0 Å². The van der Waals surface area contributed by atoms with Crippen LogP contribution >= 0.6 is 0 Å². The van der Waals surface area contributed by atoms with Crippen molar-refractivity contribution in [2.75, 3.05) is 6.54 Å². The van der Waals surface area contributed by atoms with Crippen molar-refractivity contribution in [2.45, 2.75) is 44.8 Å². The van der Waals surface area contributed by atoms with Gasteiger partial charge in [-0.25, -0.2) is 4.79 Å². The highest BCUT2D eigenvalue weighted by molar-refractivity contribution is 6.08. The van der Waals surface area contributed by atoms with Crippen LogP contribution in [0.3, 0.4) is 0 Å². The minimum atomic E-state index is -0.878. The molecule has 1 aliphatic heterocycles. The Bertz CT molecular complexity index is 785. The fraction of sp³-hybridized carbons (Fsp3) is 0.474. The molecule has 1 saturated heterocycles. The summed E-state index contributed by atoms with van der Waals surface area (Å²) < 4.78 is 5.17. The zero-order valence-electron chi connectivity index (χ0n) is 14.7. The summed E-state index contributed by atoms with van der Waals surface area (Å²) in [6, 6.07) is 8.20. The van der Waals surface area contributed by atoms with E-state index in [1.165, 1.54) is 0 Å². The van der Waals surface area contributed by atoms with E-state index >= 15 is 0 Å². The van der Waals surface area contributed by atoms with Crippen molar-refractivity contribution in [3.05, 3.63) is 35.4 Å². The molecule has 2 fully saturated rings. The molecule has 1 N–H and O–H groups in total. The van der Waals surface area contributed by atoms with E-state index < -0.39 is 24.1 Å². The second kappa shape index (κ2) is 7.16. The van der Waals surface area contributed by atoms with Crippen LogP contribution < -0.4 is 5.32 Å². The highest BCUT2D eigenvalue weighted by Gasteiger charge is 2.55. The Morgan fingerprint density at radius 3 is 2.96 bits per heavy atom. The Morgan fingerprint density at radius 1 is 1.42 bits per heavy atom. The molecule has 2 atom stereocenters. The molecule has 0 bridgehead atoms. The average molecular weight is 355 g/mol. The van der Waals surface area contributed by atoms with Crippen LogP contribution in [-0.4, -0.2) is 34.9 Å². The van der Waals surface area contributed by atoms with E-state index in [-0.39, 0.29) is 18.4 Å².